The van der Waals surface area contributed by atoms with E-state index in [0.717, 1.165) is 30.9 Å². The molecule has 0 saturated heterocycles. The average molecular weight is 499 g/mol. The lowest BCUT2D eigenvalue weighted by atomic mass is 10.0. The van der Waals surface area contributed by atoms with E-state index in [1.807, 2.05) is 20.0 Å². The van der Waals surface area contributed by atoms with Gasteiger partial charge >= 0.3 is 6.18 Å². The van der Waals surface area contributed by atoms with Crippen LogP contribution in [0.2, 0.25) is 0 Å². The topological polar surface area (TPSA) is 116 Å². The molecule has 188 valence electrons. The van der Waals surface area contributed by atoms with Crippen LogP contribution in [0.15, 0.2) is 42.9 Å². The third-order valence-corrected chi connectivity index (χ3v) is 6.38. The van der Waals surface area contributed by atoms with Crippen molar-refractivity contribution < 1.29 is 18.0 Å². The Labute approximate surface area is 204 Å². The highest BCUT2D eigenvalue weighted by molar-refractivity contribution is 5.95. The predicted octanol–water partition coefficient (Wildman–Crippen LogP) is 4.12. The van der Waals surface area contributed by atoms with Crippen LogP contribution in [0.3, 0.4) is 0 Å². The van der Waals surface area contributed by atoms with Gasteiger partial charge in [-0.1, -0.05) is 13.0 Å². The van der Waals surface area contributed by atoms with Gasteiger partial charge < -0.3 is 11.1 Å². The maximum atomic E-state index is 13.0. The predicted molar refractivity (Wildman–Crippen MR) is 126 cm³/mol. The second-order valence-electron chi connectivity index (χ2n) is 9.12. The van der Waals surface area contributed by atoms with E-state index in [0.29, 0.717) is 16.8 Å². The first-order chi connectivity index (χ1) is 17.1. The number of alkyl halides is 3. The molecule has 2 atom stereocenters. The fraction of sp³-hybridized carbons (Fsp3) is 0.375. The number of anilines is 1. The summed E-state index contributed by atoms with van der Waals surface area (Å²) in [4.78, 5) is 20.8. The number of nitrogen functional groups attached to an aromatic ring is 1. The van der Waals surface area contributed by atoms with Crippen LogP contribution in [0.4, 0.5) is 19.1 Å². The normalized spacial score (nSPS) is 15.7. The van der Waals surface area contributed by atoms with Gasteiger partial charge in [-0.3, -0.25) is 14.5 Å². The summed E-state index contributed by atoms with van der Waals surface area (Å²) in [5.41, 5.74) is 7.64. The zero-order valence-corrected chi connectivity index (χ0v) is 19.7. The fourth-order valence-electron chi connectivity index (χ4n) is 4.17. The number of nitrogens with two attached hydrogens (primary N) is 1. The smallest absolute Gasteiger partial charge is 0.366 e. The number of halogens is 3. The lowest BCUT2D eigenvalue weighted by Gasteiger charge is -2.18. The second kappa shape index (κ2) is 8.92. The van der Waals surface area contributed by atoms with E-state index in [9.17, 15) is 18.0 Å². The van der Waals surface area contributed by atoms with Gasteiger partial charge in [0.2, 0.25) is 5.95 Å². The Kier molecular flexibility index (Phi) is 5.89. The Morgan fingerprint density at radius 2 is 2.00 bits per heavy atom. The molecular formula is C24H25F3N8O. The number of carbonyl (C=O) groups is 1. The quantitative estimate of drug-likeness (QED) is 0.396. The van der Waals surface area contributed by atoms with Crippen molar-refractivity contribution in [3.8, 4) is 11.1 Å². The van der Waals surface area contributed by atoms with Crippen molar-refractivity contribution in [3.63, 3.8) is 0 Å². The Morgan fingerprint density at radius 1 is 1.22 bits per heavy atom. The standard InChI is InChI=1S/C24H25F3N8O/c1-3-13(2)31-22(36)18-8-16(9-20-32-23(28)33-35(18)20)17-11-30-34(12-17)21(14-4-5-14)15-6-7-19(29-10-15)24(25,26)27/h6-14,21H,3-5H2,1-2H3,(H2,28,33)(H,31,36)/t13-,21?/m0/s1. The fourth-order valence-corrected chi connectivity index (χ4v) is 4.17. The van der Waals surface area contributed by atoms with Crippen molar-refractivity contribution in [1.82, 2.24) is 34.7 Å². The summed E-state index contributed by atoms with van der Waals surface area (Å²) in [6, 6.07) is 5.65. The maximum Gasteiger partial charge on any atom is 0.433 e. The molecule has 9 nitrogen and oxygen atoms in total. The first kappa shape index (κ1) is 23.8. The van der Waals surface area contributed by atoms with Crippen molar-refractivity contribution in [3.05, 3.63) is 59.8 Å². The number of fused-ring (bicyclic) bond motifs is 1. The molecule has 4 heterocycles. The molecule has 0 radical (unpaired) electrons. The van der Waals surface area contributed by atoms with Crippen molar-refractivity contribution in [2.75, 3.05) is 5.73 Å². The van der Waals surface area contributed by atoms with Crippen molar-refractivity contribution >= 4 is 17.5 Å². The van der Waals surface area contributed by atoms with E-state index in [1.165, 1.54) is 16.8 Å². The number of hydrogen-bond donors (Lipinski definition) is 2. The van der Waals surface area contributed by atoms with E-state index in [2.05, 4.69) is 25.5 Å². The van der Waals surface area contributed by atoms with Gasteiger partial charge in [0.05, 0.1) is 12.2 Å². The molecule has 3 N–H and O–H groups in total. The molecule has 1 aliphatic carbocycles. The van der Waals surface area contributed by atoms with Crippen LogP contribution in [-0.2, 0) is 6.18 Å². The third-order valence-electron chi connectivity index (χ3n) is 6.38. The Bertz CT molecular complexity index is 1410. The number of carbonyl (C=O) groups excluding carboxylic acids is 1. The van der Waals surface area contributed by atoms with Gasteiger partial charge in [0.1, 0.15) is 11.4 Å². The summed E-state index contributed by atoms with van der Waals surface area (Å²) in [6.07, 6.45) is 2.93. The monoisotopic (exact) mass is 498 g/mol. The molecule has 1 saturated carbocycles. The summed E-state index contributed by atoms with van der Waals surface area (Å²) in [7, 11) is 0. The zero-order chi connectivity index (χ0) is 25.6. The molecule has 1 amide bonds. The van der Waals surface area contributed by atoms with Crippen LogP contribution >= 0.6 is 0 Å². The Balaban J connectivity index is 1.50. The van der Waals surface area contributed by atoms with Gasteiger partial charge in [-0.05, 0) is 61.4 Å². The molecule has 4 aromatic rings. The van der Waals surface area contributed by atoms with Crippen LogP contribution in [0.5, 0.6) is 0 Å². The molecule has 0 spiro atoms. The van der Waals surface area contributed by atoms with Crippen LogP contribution in [0.1, 0.15) is 60.9 Å². The summed E-state index contributed by atoms with van der Waals surface area (Å²) in [5.74, 6) is -0.00357. The maximum absolute atomic E-state index is 13.0. The Hall–Kier alpha value is -3.96. The summed E-state index contributed by atoms with van der Waals surface area (Å²) in [6.45, 7) is 3.88. The first-order valence-corrected chi connectivity index (χ1v) is 11.7. The van der Waals surface area contributed by atoms with E-state index < -0.39 is 11.9 Å². The lowest BCUT2D eigenvalue weighted by molar-refractivity contribution is -0.141. The van der Waals surface area contributed by atoms with Gasteiger partial charge in [0.25, 0.3) is 5.91 Å². The lowest BCUT2D eigenvalue weighted by Crippen LogP contribution is -2.33. The van der Waals surface area contributed by atoms with E-state index >= 15 is 0 Å². The van der Waals surface area contributed by atoms with Crippen molar-refractivity contribution in [2.24, 2.45) is 5.92 Å². The zero-order valence-electron chi connectivity index (χ0n) is 19.7. The number of nitrogens with zero attached hydrogens (tertiary/aromatic N) is 6. The summed E-state index contributed by atoms with van der Waals surface area (Å²) >= 11 is 0. The van der Waals surface area contributed by atoms with E-state index in [1.54, 1.807) is 23.0 Å². The SMILES string of the molecule is CC[C@H](C)NC(=O)c1cc(-c2cnn(C(c3ccc(C(F)(F)F)nc3)C3CC3)c2)cc2nc(N)nn12. The molecule has 36 heavy (non-hydrogen) atoms. The van der Waals surface area contributed by atoms with Crippen LogP contribution in [-0.4, -0.2) is 41.3 Å². The molecule has 0 aliphatic heterocycles. The van der Waals surface area contributed by atoms with Crippen molar-refractivity contribution in [1.29, 1.82) is 0 Å². The Morgan fingerprint density at radius 3 is 2.64 bits per heavy atom. The highest BCUT2D eigenvalue weighted by Crippen LogP contribution is 2.44. The average Bonchev–Trinajstić information content (AvgIpc) is 3.41. The molecule has 1 aliphatic rings. The number of aromatic nitrogens is 6. The number of hydrogen-bond acceptors (Lipinski definition) is 6. The number of rotatable bonds is 7. The molecule has 1 unspecified atom stereocenters. The summed E-state index contributed by atoms with van der Waals surface area (Å²) < 4.78 is 42.1. The highest BCUT2D eigenvalue weighted by atomic mass is 19.4. The summed E-state index contributed by atoms with van der Waals surface area (Å²) in [5, 5.41) is 11.6. The van der Waals surface area contributed by atoms with Crippen LogP contribution in [0.25, 0.3) is 16.8 Å². The van der Waals surface area contributed by atoms with Crippen molar-refractivity contribution in [2.45, 2.75) is 51.4 Å². The minimum absolute atomic E-state index is 0.0310. The molecule has 12 heteroatoms. The third kappa shape index (κ3) is 4.62. The van der Waals surface area contributed by atoms with Gasteiger partial charge in [0.15, 0.2) is 5.65 Å². The minimum atomic E-state index is -4.49. The highest BCUT2D eigenvalue weighted by Gasteiger charge is 2.36. The van der Waals surface area contributed by atoms with E-state index in [4.69, 9.17) is 5.73 Å². The van der Waals surface area contributed by atoms with Gasteiger partial charge in [-0.25, -0.2) is 4.52 Å². The van der Waals surface area contributed by atoms with Gasteiger partial charge in [0, 0.05) is 24.0 Å². The van der Waals surface area contributed by atoms with Gasteiger partial charge in [-0.15, -0.1) is 5.10 Å². The number of amides is 1. The van der Waals surface area contributed by atoms with E-state index in [-0.39, 0.29) is 35.6 Å². The first-order valence-electron chi connectivity index (χ1n) is 11.7. The van der Waals surface area contributed by atoms with Gasteiger partial charge in [-0.2, -0.15) is 23.3 Å². The van der Waals surface area contributed by atoms with Crippen LogP contribution in [0, 0.1) is 5.92 Å². The minimum Gasteiger partial charge on any atom is -0.366 e. The molecule has 5 rings (SSSR count). The molecular weight excluding hydrogens is 473 g/mol. The molecule has 0 aromatic carbocycles. The largest absolute Gasteiger partial charge is 0.433 e. The van der Waals surface area contributed by atoms with Crippen LogP contribution < -0.4 is 11.1 Å². The number of nitrogens with one attached hydrogen (secondary N) is 1. The second-order valence-corrected chi connectivity index (χ2v) is 9.12. The molecule has 4 aromatic heterocycles. The molecule has 0 bridgehead atoms. The molecule has 1 fully saturated rings. The number of pyridine rings is 2.